The van der Waals surface area contributed by atoms with Crippen molar-refractivity contribution in [1.82, 2.24) is 0 Å². The van der Waals surface area contributed by atoms with E-state index in [2.05, 4.69) is 0 Å². The molecule has 28 heavy (non-hydrogen) atoms. The van der Waals surface area contributed by atoms with Gasteiger partial charge in [-0.25, -0.2) is 0 Å². The maximum Gasteiger partial charge on any atom is 0.166 e. The number of benzene rings is 2. The first-order chi connectivity index (χ1) is 13.6. The van der Waals surface area contributed by atoms with Crippen molar-refractivity contribution in [2.45, 2.75) is 38.5 Å². The van der Waals surface area contributed by atoms with Gasteiger partial charge in [-0.1, -0.05) is 67.6 Å². The molecule has 2 aromatic carbocycles. The summed E-state index contributed by atoms with van der Waals surface area (Å²) in [6, 6.07) is 22.3. The van der Waals surface area contributed by atoms with E-state index in [0.29, 0.717) is 12.0 Å². The van der Waals surface area contributed by atoms with Gasteiger partial charge in [-0.2, -0.15) is 10.5 Å². The van der Waals surface area contributed by atoms with Crippen LogP contribution in [0.3, 0.4) is 0 Å². The molecule has 0 heterocycles. The summed E-state index contributed by atoms with van der Waals surface area (Å²) in [6.45, 7) is 1.95. The molecular formula is C24H24N2O2. The number of nitriles is 2. The number of hydrogen-bond donors (Lipinski definition) is 0. The van der Waals surface area contributed by atoms with E-state index in [-0.39, 0.29) is 30.3 Å². The number of ketones is 2. The minimum absolute atomic E-state index is 0.0904. The molecule has 0 N–H and O–H groups in total. The summed E-state index contributed by atoms with van der Waals surface area (Å²) in [4.78, 5) is 25.8. The quantitative estimate of drug-likeness (QED) is 0.544. The van der Waals surface area contributed by atoms with Crippen LogP contribution in [0, 0.1) is 34.5 Å². The summed E-state index contributed by atoms with van der Waals surface area (Å²) < 4.78 is 0. The van der Waals surface area contributed by atoms with Crippen LogP contribution in [0.2, 0.25) is 0 Å². The normalized spacial score (nSPS) is 12.6. The zero-order valence-electron chi connectivity index (χ0n) is 16.0. The van der Waals surface area contributed by atoms with Crippen molar-refractivity contribution in [3.05, 3.63) is 71.8 Å². The molecule has 0 saturated carbocycles. The lowest BCUT2D eigenvalue weighted by Gasteiger charge is -2.27. The third-order valence-electron chi connectivity index (χ3n) is 4.89. The molecule has 4 nitrogen and oxygen atoms in total. The van der Waals surface area contributed by atoms with E-state index in [4.69, 9.17) is 0 Å². The Morgan fingerprint density at radius 2 is 1.50 bits per heavy atom. The maximum absolute atomic E-state index is 13.3. The van der Waals surface area contributed by atoms with Gasteiger partial charge < -0.3 is 0 Å². The van der Waals surface area contributed by atoms with Crippen LogP contribution in [0.25, 0.3) is 0 Å². The molecule has 0 aromatic heterocycles. The molecule has 0 bridgehead atoms. The van der Waals surface area contributed by atoms with Crippen molar-refractivity contribution in [3.63, 3.8) is 0 Å². The van der Waals surface area contributed by atoms with Gasteiger partial charge in [-0.3, -0.25) is 9.59 Å². The van der Waals surface area contributed by atoms with Crippen LogP contribution in [0.15, 0.2) is 60.7 Å². The van der Waals surface area contributed by atoms with E-state index in [1.54, 1.807) is 24.3 Å². The molecule has 0 aliphatic rings. The van der Waals surface area contributed by atoms with E-state index in [1.807, 2.05) is 55.5 Å². The summed E-state index contributed by atoms with van der Waals surface area (Å²) in [7, 11) is 0. The fourth-order valence-electron chi connectivity index (χ4n) is 3.48. The largest absolute Gasteiger partial charge is 0.300 e. The average Bonchev–Trinajstić information content (AvgIpc) is 2.74. The number of nitrogens with zero attached hydrogens (tertiary/aromatic N) is 2. The first-order valence-electron chi connectivity index (χ1n) is 9.55. The Bertz CT molecular complexity index is 849. The van der Waals surface area contributed by atoms with Gasteiger partial charge in [0, 0.05) is 30.2 Å². The minimum Gasteiger partial charge on any atom is -0.300 e. The summed E-state index contributed by atoms with van der Waals surface area (Å²) in [5.74, 6) is -1.92. The third-order valence-corrected chi connectivity index (χ3v) is 4.89. The summed E-state index contributed by atoms with van der Waals surface area (Å²) >= 11 is 0. The Balaban J connectivity index is 2.47. The number of hydrogen-bond acceptors (Lipinski definition) is 4. The summed E-state index contributed by atoms with van der Waals surface area (Å²) in [5.41, 5.74) is 1.42. The number of rotatable bonds is 10. The monoisotopic (exact) mass is 372 g/mol. The van der Waals surface area contributed by atoms with Gasteiger partial charge in [-0.05, 0) is 18.4 Å². The molecule has 0 aliphatic carbocycles. The minimum atomic E-state index is -0.898. The van der Waals surface area contributed by atoms with Gasteiger partial charge in [-0.15, -0.1) is 0 Å². The molecule has 0 radical (unpaired) electrons. The lowest BCUT2D eigenvalue weighted by molar-refractivity contribution is -0.119. The average molecular weight is 372 g/mol. The van der Waals surface area contributed by atoms with Crippen LogP contribution in [-0.2, 0) is 4.79 Å². The second-order valence-electron chi connectivity index (χ2n) is 6.89. The van der Waals surface area contributed by atoms with Crippen molar-refractivity contribution in [2.24, 2.45) is 11.8 Å². The molecule has 0 fully saturated rings. The van der Waals surface area contributed by atoms with E-state index in [9.17, 15) is 20.1 Å². The van der Waals surface area contributed by atoms with E-state index >= 15 is 0 Å². The molecule has 2 unspecified atom stereocenters. The summed E-state index contributed by atoms with van der Waals surface area (Å²) in [5, 5.41) is 18.6. The molecule has 0 aliphatic heterocycles. The second kappa shape index (κ2) is 10.8. The topological polar surface area (TPSA) is 81.7 Å². The van der Waals surface area contributed by atoms with E-state index < -0.39 is 11.8 Å². The fraction of sp³-hybridized carbons (Fsp3) is 0.333. The van der Waals surface area contributed by atoms with E-state index in [0.717, 1.165) is 12.0 Å². The maximum atomic E-state index is 13.3. The Hall–Kier alpha value is -3.24. The van der Waals surface area contributed by atoms with Crippen LogP contribution in [-0.4, -0.2) is 11.6 Å². The first-order valence-corrected chi connectivity index (χ1v) is 9.55. The van der Waals surface area contributed by atoms with E-state index in [1.165, 1.54) is 0 Å². The van der Waals surface area contributed by atoms with Gasteiger partial charge in [0.2, 0.25) is 0 Å². The van der Waals surface area contributed by atoms with Crippen LogP contribution in [0.1, 0.15) is 54.4 Å². The lowest BCUT2D eigenvalue weighted by atomic mass is 9.74. The first kappa shape index (κ1) is 21.1. The van der Waals surface area contributed by atoms with Gasteiger partial charge in [0.25, 0.3) is 0 Å². The standard InChI is InChI=1S/C24H24N2O2/c1-2-9-21(27)15-22(19-10-5-3-6-11-19)23(14-18(16-25)17-26)24(28)20-12-7-4-8-13-20/h3-8,10-13,18,22-23H,2,9,14-15H2,1H3. The highest BCUT2D eigenvalue weighted by Crippen LogP contribution is 2.35. The van der Waals surface area contributed by atoms with Crippen molar-refractivity contribution in [3.8, 4) is 12.1 Å². The molecule has 4 heteroatoms. The third kappa shape index (κ3) is 5.63. The smallest absolute Gasteiger partial charge is 0.166 e. The zero-order chi connectivity index (χ0) is 20.4. The van der Waals surface area contributed by atoms with Crippen LogP contribution in [0.4, 0.5) is 0 Å². The Morgan fingerprint density at radius 3 is 2.04 bits per heavy atom. The fourth-order valence-corrected chi connectivity index (χ4v) is 3.48. The van der Waals surface area contributed by atoms with Crippen LogP contribution >= 0.6 is 0 Å². The van der Waals surface area contributed by atoms with Gasteiger partial charge in [0.1, 0.15) is 11.7 Å². The van der Waals surface area contributed by atoms with Gasteiger partial charge >= 0.3 is 0 Å². The van der Waals surface area contributed by atoms with Crippen molar-refractivity contribution < 1.29 is 9.59 Å². The predicted octanol–water partition coefficient (Wildman–Crippen LogP) is 5.08. The molecule has 2 aromatic rings. The molecule has 0 spiro atoms. The Kier molecular flexibility index (Phi) is 8.12. The highest BCUT2D eigenvalue weighted by Gasteiger charge is 2.33. The van der Waals surface area contributed by atoms with Crippen LogP contribution in [0.5, 0.6) is 0 Å². The molecule has 2 atom stereocenters. The second-order valence-corrected chi connectivity index (χ2v) is 6.89. The van der Waals surface area contributed by atoms with Crippen molar-refractivity contribution in [2.75, 3.05) is 0 Å². The SMILES string of the molecule is CCCC(=O)CC(c1ccccc1)C(CC(C#N)C#N)C(=O)c1ccccc1. The van der Waals surface area contributed by atoms with Gasteiger partial charge in [0.15, 0.2) is 5.78 Å². The predicted molar refractivity (Wildman–Crippen MR) is 107 cm³/mol. The summed E-state index contributed by atoms with van der Waals surface area (Å²) in [6.07, 6.45) is 1.54. The van der Waals surface area contributed by atoms with Crippen LogP contribution < -0.4 is 0 Å². The highest BCUT2D eigenvalue weighted by molar-refractivity contribution is 5.99. The highest BCUT2D eigenvalue weighted by atomic mass is 16.1. The van der Waals surface area contributed by atoms with Gasteiger partial charge in [0.05, 0.1) is 12.1 Å². The lowest BCUT2D eigenvalue weighted by Crippen LogP contribution is -2.27. The molecule has 142 valence electrons. The Morgan fingerprint density at radius 1 is 0.929 bits per heavy atom. The zero-order valence-corrected chi connectivity index (χ0v) is 16.0. The molecule has 0 saturated heterocycles. The number of Topliss-reactive ketones (excluding diaryl/α,β-unsaturated/α-hetero) is 2. The van der Waals surface area contributed by atoms with Crippen molar-refractivity contribution in [1.29, 1.82) is 10.5 Å². The number of carbonyl (C=O) groups is 2. The molecular weight excluding hydrogens is 348 g/mol. The number of carbonyl (C=O) groups excluding carboxylic acids is 2. The van der Waals surface area contributed by atoms with Crippen molar-refractivity contribution >= 4 is 11.6 Å². The Labute approximate surface area is 166 Å². The molecule has 2 rings (SSSR count). The molecule has 0 amide bonds.